The minimum absolute atomic E-state index is 0.0495. The number of para-hydroxylation sites is 1. The zero-order valence-electron chi connectivity index (χ0n) is 25.2. The number of alkyl carbamates (subject to hydrolysis) is 1. The second-order valence-electron chi connectivity index (χ2n) is 12.8. The highest BCUT2D eigenvalue weighted by Gasteiger charge is 2.50. The predicted octanol–water partition coefficient (Wildman–Crippen LogP) is 4.09. The number of pyridine rings is 2. The molecule has 1 amide bonds. The molecule has 0 aliphatic carbocycles. The van der Waals surface area contributed by atoms with Crippen LogP contribution in [0.3, 0.4) is 0 Å². The second-order valence-corrected chi connectivity index (χ2v) is 17.8. The molecule has 3 aromatic rings. The molecule has 222 valence electrons. The monoisotopic (exact) mass is 591 g/mol. The summed E-state index contributed by atoms with van der Waals surface area (Å²) in [4.78, 5) is 57.2. The highest BCUT2D eigenvalue weighted by molar-refractivity contribution is 6.90. The molecule has 42 heavy (non-hydrogen) atoms. The number of esters is 2. The molecule has 0 saturated heterocycles. The van der Waals surface area contributed by atoms with Gasteiger partial charge in [-0.3, -0.25) is 9.59 Å². The topological polar surface area (TPSA) is 126 Å². The number of carbonyl (C=O) groups excluding carboxylic acids is 3. The number of rotatable bonds is 6. The molecule has 2 aliphatic heterocycles. The van der Waals surface area contributed by atoms with E-state index in [-0.39, 0.29) is 37.1 Å². The van der Waals surface area contributed by atoms with Gasteiger partial charge in [-0.2, -0.15) is 0 Å². The fourth-order valence-corrected chi connectivity index (χ4v) is 7.99. The third-order valence-electron chi connectivity index (χ3n) is 7.60. The number of hydrogen-bond acceptors (Lipinski definition) is 8. The van der Waals surface area contributed by atoms with Gasteiger partial charge >= 0.3 is 18.0 Å². The van der Waals surface area contributed by atoms with Gasteiger partial charge in [-0.15, -0.1) is 0 Å². The Morgan fingerprint density at radius 1 is 1.14 bits per heavy atom. The number of benzene rings is 1. The Balaban J connectivity index is 1.54. The summed E-state index contributed by atoms with van der Waals surface area (Å²) in [6.45, 7) is 13.9. The predicted molar refractivity (Wildman–Crippen MR) is 160 cm³/mol. The molecule has 4 heterocycles. The van der Waals surface area contributed by atoms with Crippen LogP contribution in [-0.2, 0) is 42.6 Å². The Morgan fingerprint density at radius 3 is 2.52 bits per heavy atom. The van der Waals surface area contributed by atoms with E-state index >= 15 is 0 Å². The van der Waals surface area contributed by atoms with Gasteiger partial charge in [0.1, 0.15) is 12.2 Å². The first kappa shape index (κ1) is 29.5. The fraction of sp³-hybridized carbons (Fsp3) is 0.452. The standard InChI is InChI=1S/C31H37N3O7Si/c1-8-31(40-24(35)13-14-32-29(38)41-30(2,3)4)21-15-23-25-19(16-34(23)27(36)20(21)17-39-28(31)37)26(42(5,6)7)18-11-9-10-12-22(18)33-25/h9-12,15H,8,13-14,16-17H2,1-7H3,(H,32,38). The van der Waals surface area contributed by atoms with Crippen LogP contribution in [0.1, 0.15) is 57.2 Å². The summed E-state index contributed by atoms with van der Waals surface area (Å²) in [5, 5.41) is 4.86. The molecular formula is C31H37N3O7Si. The number of aromatic nitrogens is 2. The van der Waals surface area contributed by atoms with Crippen LogP contribution >= 0.6 is 0 Å². The van der Waals surface area contributed by atoms with Crippen molar-refractivity contribution in [3.05, 3.63) is 57.4 Å². The van der Waals surface area contributed by atoms with Crippen molar-refractivity contribution >= 4 is 42.2 Å². The molecule has 1 unspecified atom stereocenters. The second kappa shape index (κ2) is 10.4. The first-order valence-corrected chi connectivity index (χ1v) is 17.7. The highest BCUT2D eigenvalue weighted by Crippen LogP contribution is 2.41. The largest absolute Gasteiger partial charge is 0.457 e. The van der Waals surface area contributed by atoms with Crippen LogP contribution in [0, 0.1) is 0 Å². The smallest absolute Gasteiger partial charge is 0.407 e. The summed E-state index contributed by atoms with van der Waals surface area (Å²) >= 11 is 0. The Kier molecular flexibility index (Phi) is 7.29. The molecule has 10 nitrogen and oxygen atoms in total. The molecule has 1 aromatic carbocycles. The van der Waals surface area contributed by atoms with E-state index in [2.05, 4.69) is 31.0 Å². The number of hydrogen-bond donors (Lipinski definition) is 1. The van der Waals surface area contributed by atoms with Crippen molar-refractivity contribution in [3.63, 3.8) is 0 Å². The molecule has 2 aliphatic rings. The number of cyclic esters (lactones) is 1. The van der Waals surface area contributed by atoms with Gasteiger partial charge in [-0.05, 0) is 55.5 Å². The maximum atomic E-state index is 13.9. The Hall–Kier alpha value is -3.99. The molecule has 1 N–H and O–H groups in total. The van der Waals surface area contributed by atoms with Gasteiger partial charge in [0.2, 0.25) is 5.60 Å². The molecule has 11 heteroatoms. The van der Waals surface area contributed by atoms with Crippen LogP contribution in [0.2, 0.25) is 19.6 Å². The van der Waals surface area contributed by atoms with Gasteiger partial charge in [0.15, 0.2) is 0 Å². The fourth-order valence-electron chi connectivity index (χ4n) is 5.87. The molecule has 0 saturated carbocycles. The molecule has 0 spiro atoms. The average molecular weight is 592 g/mol. The van der Waals surface area contributed by atoms with Gasteiger partial charge < -0.3 is 24.1 Å². The summed E-state index contributed by atoms with van der Waals surface area (Å²) in [5.41, 5.74) is 0.999. The van der Waals surface area contributed by atoms with E-state index in [1.54, 1.807) is 38.3 Å². The van der Waals surface area contributed by atoms with Crippen molar-refractivity contribution < 1.29 is 28.6 Å². The van der Waals surface area contributed by atoms with Gasteiger partial charge in [-0.1, -0.05) is 44.8 Å². The molecule has 0 fully saturated rings. The lowest BCUT2D eigenvalue weighted by Gasteiger charge is -2.35. The van der Waals surface area contributed by atoms with Gasteiger partial charge in [-0.25, -0.2) is 14.6 Å². The summed E-state index contributed by atoms with van der Waals surface area (Å²) < 4.78 is 18.2. The van der Waals surface area contributed by atoms with E-state index in [0.717, 1.165) is 16.5 Å². The lowest BCUT2D eigenvalue weighted by molar-refractivity contribution is -0.189. The van der Waals surface area contributed by atoms with Gasteiger partial charge in [0, 0.05) is 12.1 Å². The number of fused-ring (bicyclic) bond motifs is 5. The van der Waals surface area contributed by atoms with E-state index in [4.69, 9.17) is 19.2 Å². The third kappa shape index (κ3) is 5.10. The maximum Gasteiger partial charge on any atom is 0.407 e. The Morgan fingerprint density at radius 2 is 1.86 bits per heavy atom. The van der Waals surface area contributed by atoms with E-state index in [1.165, 1.54) is 5.19 Å². The maximum absolute atomic E-state index is 13.9. The normalized spacial score (nSPS) is 17.6. The Labute approximate surface area is 245 Å². The van der Waals surface area contributed by atoms with Gasteiger partial charge in [0.05, 0.1) is 43.5 Å². The van der Waals surface area contributed by atoms with Crippen LogP contribution in [0.4, 0.5) is 4.79 Å². The summed E-state index contributed by atoms with van der Waals surface area (Å²) in [6, 6.07) is 9.77. The van der Waals surface area contributed by atoms with E-state index in [0.29, 0.717) is 23.5 Å². The molecular weight excluding hydrogens is 554 g/mol. The molecule has 0 radical (unpaired) electrons. The lowest BCUT2D eigenvalue weighted by atomic mass is 9.85. The van der Waals surface area contributed by atoms with Crippen molar-refractivity contribution in [3.8, 4) is 11.4 Å². The van der Waals surface area contributed by atoms with Crippen LogP contribution in [0.5, 0.6) is 0 Å². The SMILES string of the molecule is CCC1(OC(=O)CCNC(=O)OC(C)(C)C)C(=O)OCc2c1cc1n(c2=O)Cc2c-1nc1ccccc1c2[Si](C)(C)C. The van der Waals surface area contributed by atoms with Crippen molar-refractivity contribution in [2.24, 2.45) is 0 Å². The number of nitrogens with zero attached hydrogens (tertiary/aromatic N) is 2. The van der Waals surface area contributed by atoms with Crippen molar-refractivity contribution in [1.29, 1.82) is 0 Å². The van der Waals surface area contributed by atoms with Crippen molar-refractivity contribution in [1.82, 2.24) is 14.9 Å². The third-order valence-corrected chi connectivity index (χ3v) is 9.67. The van der Waals surface area contributed by atoms with Crippen LogP contribution in [-0.4, -0.2) is 47.8 Å². The quantitative estimate of drug-likeness (QED) is 0.202. The first-order chi connectivity index (χ1) is 19.7. The van der Waals surface area contributed by atoms with E-state index in [1.807, 2.05) is 18.2 Å². The summed E-state index contributed by atoms with van der Waals surface area (Å²) in [5.74, 6) is -1.45. The average Bonchev–Trinajstić information content (AvgIpc) is 3.25. The Bertz CT molecular complexity index is 1680. The minimum atomic E-state index is -1.89. The first-order valence-electron chi connectivity index (χ1n) is 14.2. The highest BCUT2D eigenvalue weighted by atomic mass is 28.3. The lowest BCUT2D eigenvalue weighted by Crippen LogP contribution is -2.47. The van der Waals surface area contributed by atoms with Crippen LogP contribution < -0.4 is 16.1 Å². The molecule has 0 bridgehead atoms. The van der Waals surface area contributed by atoms with Crippen molar-refractivity contribution in [2.75, 3.05) is 6.54 Å². The molecule has 5 rings (SSSR count). The zero-order chi connectivity index (χ0) is 30.6. The minimum Gasteiger partial charge on any atom is -0.457 e. The summed E-state index contributed by atoms with van der Waals surface area (Å²) in [7, 11) is -1.89. The number of carbonyl (C=O) groups is 3. The molecule has 1 atom stereocenters. The van der Waals surface area contributed by atoms with Crippen molar-refractivity contribution in [2.45, 2.75) is 84.5 Å². The number of ether oxygens (including phenoxy) is 3. The number of nitrogens with one attached hydrogen (secondary N) is 1. The zero-order valence-corrected chi connectivity index (χ0v) is 26.2. The molecule has 2 aromatic heterocycles. The number of amides is 1. The van der Waals surface area contributed by atoms with Crippen LogP contribution in [0.15, 0.2) is 35.1 Å². The van der Waals surface area contributed by atoms with Crippen LogP contribution in [0.25, 0.3) is 22.3 Å². The van der Waals surface area contributed by atoms with E-state index in [9.17, 15) is 19.2 Å². The van der Waals surface area contributed by atoms with E-state index < -0.39 is 37.3 Å². The van der Waals surface area contributed by atoms with Gasteiger partial charge in [0.25, 0.3) is 5.56 Å². The summed E-state index contributed by atoms with van der Waals surface area (Å²) in [6.07, 6.45) is -0.808.